The first-order valence-corrected chi connectivity index (χ1v) is 5.20. The maximum atomic E-state index is 10.6. The summed E-state index contributed by atoms with van der Waals surface area (Å²) in [6.45, 7) is 4.13. The molecule has 0 bridgehead atoms. The predicted octanol–water partition coefficient (Wildman–Crippen LogP) is 0.720. The monoisotopic (exact) mass is 217 g/mol. The topological polar surface area (TPSA) is 81.8 Å². The number of rotatable bonds is 4. The molecule has 0 aliphatic carbocycles. The average molecular weight is 217 g/mol. The van der Waals surface area contributed by atoms with E-state index in [1.54, 1.807) is 13.8 Å². The van der Waals surface area contributed by atoms with E-state index < -0.39 is 11.8 Å². The molecule has 0 amide bonds. The van der Waals surface area contributed by atoms with Crippen LogP contribution in [0.25, 0.3) is 0 Å². The summed E-state index contributed by atoms with van der Waals surface area (Å²) in [7, 11) is 0. The molecule has 5 nitrogen and oxygen atoms in total. The second kappa shape index (κ2) is 4.92. The number of ether oxygens (including phenoxy) is 2. The van der Waals surface area contributed by atoms with Gasteiger partial charge in [-0.1, -0.05) is 0 Å². The number of carbonyl (C=O) groups is 1. The lowest BCUT2D eigenvalue weighted by Crippen LogP contribution is -2.45. The van der Waals surface area contributed by atoms with Gasteiger partial charge in [0.05, 0.1) is 18.6 Å². The van der Waals surface area contributed by atoms with Crippen LogP contribution in [0.2, 0.25) is 0 Å². The van der Waals surface area contributed by atoms with Gasteiger partial charge in [-0.25, -0.2) is 0 Å². The molecule has 1 heterocycles. The Balaban J connectivity index is 2.55. The Labute approximate surface area is 89.5 Å². The molecular formula is C10H19NO4. The molecule has 0 radical (unpaired) electrons. The van der Waals surface area contributed by atoms with Crippen LogP contribution in [0, 0.1) is 0 Å². The molecule has 88 valence electrons. The van der Waals surface area contributed by atoms with Crippen LogP contribution in [0.1, 0.15) is 33.1 Å². The number of carboxylic acid groups (broad SMARTS) is 1. The molecular weight excluding hydrogens is 198 g/mol. The number of hydrogen-bond acceptors (Lipinski definition) is 4. The van der Waals surface area contributed by atoms with Crippen molar-refractivity contribution < 1.29 is 19.4 Å². The highest BCUT2D eigenvalue weighted by Crippen LogP contribution is 2.29. The summed E-state index contributed by atoms with van der Waals surface area (Å²) >= 11 is 0. The van der Waals surface area contributed by atoms with Gasteiger partial charge >= 0.3 is 5.97 Å². The fourth-order valence-electron chi connectivity index (χ4n) is 1.90. The highest BCUT2D eigenvalue weighted by atomic mass is 16.7. The third-order valence-corrected chi connectivity index (χ3v) is 2.32. The highest BCUT2D eigenvalue weighted by Gasteiger charge is 2.35. The van der Waals surface area contributed by atoms with Crippen LogP contribution in [0.4, 0.5) is 0 Å². The third-order valence-electron chi connectivity index (χ3n) is 2.32. The highest BCUT2D eigenvalue weighted by molar-refractivity contribution is 5.67. The number of hydrogen-bond donors (Lipinski definition) is 2. The summed E-state index contributed by atoms with van der Waals surface area (Å²) in [5, 5.41) is 8.71. The molecule has 0 spiro atoms. The molecule has 0 aromatic rings. The number of carboxylic acids is 1. The predicted molar refractivity (Wildman–Crippen MR) is 54.4 cm³/mol. The molecule has 1 saturated heterocycles. The molecule has 1 aliphatic heterocycles. The van der Waals surface area contributed by atoms with Crippen molar-refractivity contribution in [1.29, 1.82) is 0 Å². The number of nitrogens with two attached hydrogens (primary N) is 1. The van der Waals surface area contributed by atoms with Crippen LogP contribution in [0.15, 0.2) is 0 Å². The van der Waals surface area contributed by atoms with E-state index >= 15 is 0 Å². The van der Waals surface area contributed by atoms with E-state index in [2.05, 4.69) is 0 Å². The minimum atomic E-state index is -0.843. The van der Waals surface area contributed by atoms with Gasteiger partial charge in [-0.15, -0.1) is 0 Å². The van der Waals surface area contributed by atoms with E-state index in [9.17, 15) is 4.79 Å². The Kier molecular flexibility index (Phi) is 4.07. The van der Waals surface area contributed by atoms with Crippen LogP contribution >= 0.6 is 0 Å². The zero-order valence-electron chi connectivity index (χ0n) is 9.23. The van der Waals surface area contributed by atoms with Crippen LogP contribution in [0.3, 0.4) is 0 Å². The molecule has 1 fully saturated rings. The van der Waals surface area contributed by atoms with E-state index in [0.29, 0.717) is 13.0 Å². The summed E-state index contributed by atoms with van der Waals surface area (Å²) < 4.78 is 11.1. The van der Waals surface area contributed by atoms with E-state index in [-0.39, 0.29) is 18.6 Å². The Hall–Kier alpha value is -0.650. The quantitative estimate of drug-likeness (QED) is 0.725. The number of aliphatic carboxylic acids is 1. The van der Waals surface area contributed by atoms with Crippen molar-refractivity contribution in [1.82, 2.24) is 0 Å². The van der Waals surface area contributed by atoms with Crippen molar-refractivity contribution in [2.24, 2.45) is 5.73 Å². The normalized spacial score (nSPS) is 30.1. The van der Waals surface area contributed by atoms with E-state index in [4.69, 9.17) is 20.3 Å². The SMILES string of the molecule is CC1(C)O[C@H](CC(=O)O)C[C@H](CCN)O1. The first kappa shape index (κ1) is 12.4. The van der Waals surface area contributed by atoms with E-state index in [1.165, 1.54) is 0 Å². The minimum absolute atomic E-state index is 0.00287. The van der Waals surface area contributed by atoms with Crippen LogP contribution in [-0.4, -0.2) is 35.6 Å². The molecule has 0 aromatic carbocycles. The Morgan fingerprint density at radius 2 is 2.07 bits per heavy atom. The van der Waals surface area contributed by atoms with Gasteiger partial charge in [-0.3, -0.25) is 4.79 Å². The fourth-order valence-corrected chi connectivity index (χ4v) is 1.90. The first-order chi connectivity index (χ1) is 6.93. The summed E-state index contributed by atoms with van der Waals surface area (Å²) in [6.07, 6.45) is 1.09. The Bertz CT molecular complexity index is 229. The fraction of sp³-hybridized carbons (Fsp3) is 0.900. The molecule has 1 rings (SSSR count). The molecule has 2 atom stereocenters. The second-order valence-corrected chi connectivity index (χ2v) is 4.29. The van der Waals surface area contributed by atoms with Crippen molar-refractivity contribution >= 4 is 5.97 Å². The largest absolute Gasteiger partial charge is 0.481 e. The van der Waals surface area contributed by atoms with Gasteiger partial charge in [-0.05, 0) is 26.8 Å². The second-order valence-electron chi connectivity index (χ2n) is 4.29. The van der Waals surface area contributed by atoms with Gasteiger partial charge in [-0.2, -0.15) is 0 Å². The molecule has 15 heavy (non-hydrogen) atoms. The first-order valence-electron chi connectivity index (χ1n) is 5.20. The lowest BCUT2D eigenvalue weighted by molar-refractivity contribution is -0.300. The van der Waals surface area contributed by atoms with Crippen molar-refractivity contribution in [2.75, 3.05) is 6.54 Å². The van der Waals surface area contributed by atoms with Crippen molar-refractivity contribution in [3.8, 4) is 0 Å². The van der Waals surface area contributed by atoms with E-state index in [0.717, 1.165) is 6.42 Å². The van der Waals surface area contributed by atoms with Gasteiger partial charge in [0.15, 0.2) is 5.79 Å². The Morgan fingerprint density at radius 1 is 1.47 bits per heavy atom. The molecule has 0 unspecified atom stereocenters. The zero-order valence-corrected chi connectivity index (χ0v) is 9.23. The molecule has 5 heteroatoms. The van der Waals surface area contributed by atoms with Gasteiger partial charge in [0.1, 0.15) is 0 Å². The van der Waals surface area contributed by atoms with E-state index in [1.807, 2.05) is 0 Å². The average Bonchev–Trinajstić information content (AvgIpc) is 1.99. The molecule has 0 aromatic heterocycles. The van der Waals surface area contributed by atoms with Crippen LogP contribution < -0.4 is 5.73 Å². The smallest absolute Gasteiger partial charge is 0.305 e. The Morgan fingerprint density at radius 3 is 2.60 bits per heavy atom. The standard InChI is InChI=1S/C10H19NO4/c1-10(2)14-7(3-4-11)5-8(15-10)6-9(12)13/h7-8H,3-6,11H2,1-2H3,(H,12,13)/t7-,8-/m0/s1. The third kappa shape index (κ3) is 4.15. The lowest BCUT2D eigenvalue weighted by Gasteiger charge is -2.40. The molecule has 1 aliphatic rings. The lowest BCUT2D eigenvalue weighted by atomic mass is 10.0. The van der Waals surface area contributed by atoms with Crippen LogP contribution in [-0.2, 0) is 14.3 Å². The molecule has 3 N–H and O–H groups in total. The van der Waals surface area contributed by atoms with Crippen molar-refractivity contribution in [2.45, 2.75) is 51.1 Å². The van der Waals surface area contributed by atoms with Gasteiger partial charge in [0, 0.05) is 6.42 Å². The summed E-state index contributed by atoms with van der Waals surface area (Å²) in [5.74, 6) is -1.55. The summed E-state index contributed by atoms with van der Waals surface area (Å²) in [5.41, 5.74) is 5.46. The minimum Gasteiger partial charge on any atom is -0.481 e. The van der Waals surface area contributed by atoms with Gasteiger partial charge in [0.25, 0.3) is 0 Å². The van der Waals surface area contributed by atoms with Gasteiger partial charge < -0.3 is 20.3 Å². The zero-order chi connectivity index (χ0) is 11.5. The van der Waals surface area contributed by atoms with Crippen molar-refractivity contribution in [3.63, 3.8) is 0 Å². The maximum absolute atomic E-state index is 10.6. The maximum Gasteiger partial charge on any atom is 0.305 e. The summed E-state index contributed by atoms with van der Waals surface area (Å²) in [4.78, 5) is 10.6. The summed E-state index contributed by atoms with van der Waals surface area (Å²) in [6, 6.07) is 0. The van der Waals surface area contributed by atoms with Crippen LogP contribution in [0.5, 0.6) is 0 Å². The molecule has 0 saturated carbocycles. The van der Waals surface area contributed by atoms with Gasteiger partial charge in [0.2, 0.25) is 0 Å². The van der Waals surface area contributed by atoms with Crippen molar-refractivity contribution in [3.05, 3.63) is 0 Å².